The third-order valence-electron chi connectivity index (χ3n) is 3.59. The molecule has 0 aromatic carbocycles. The normalized spacial score (nSPS) is 14.2. The maximum Gasteiger partial charge on any atom is 0.283 e. The molecule has 1 aromatic heterocycles. The van der Waals surface area contributed by atoms with Crippen LogP contribution >= 0.6 is 15.9 Å². The lowest BCUT2D eigenvalue weighted by Gasteiger charge is -2.21. The van der Waals surface area contributed by atoms with Crippen LogP contribution in [0.15, 0.2) is 15.5 Å². The van der Waals surface area contributed by atoms with Crippen molar-refractivity contribution in [1.29, 1.82) is 0 Å². The Hall–Kier alpha value is -0.840. The Labute approximate surface area is 123 Å². The SMILES string of the molecule is CCCCn1ncc(NC(C)C(C)CC)c(Br)c1=O. The molecule has 4 nitrogen and oxygen atoms in total. The van der Waals surface area contributed by atoms with E-state index in [9.17, 15) is 4.79 Å². The van der Waals surface area contributed by atoms with Crippen molar-refractivity contribution in [2.75, 3.05) is 5.32 Å². The second-order valence-corrected chi connectivity index (χ2v) is 5.87. The molecular formula is C14H24BrN3O. The van der Waals surface area contributed by atoms with E-state index < -0.39 is 0 Å². The number of hydrogen-bond acceptors (Lipinski definition) is 3. The topological polar surface area (TPSA) is 46.9 Å². The van der Waals surface area contributed by atoms with E-state index in [-0.39, 0.29) is 5.56 Å². The van der Waals surface area contributed by atoms with Crippen LogP contribution in [0.1, 0.15) is 47.0 Å². The number of anilines is 1. The van der Waals surface area contributed by atoms with Gasteiger partial charge in [0.15, 0.2) is 0 Å². The van der Waals surface area contributed by atoms with Gasteiger partial charge in [-0.3, -0.25) is 4.79 Å². The fraction of sp³-hybridized carbons (Fsp3) is 0.714. The second kappa shape index (κ2) is 7.68. The zero-order chi connectivity index (χ0) is 14.4. The van der Waals surface area contributed by atoms with Gasteiger partial charge in [-0.15, -0.1) is 0 Å². The second-order valence-electron chi connectivity index (χ2n) is 5.07. The van der Waals surface area contributed by atoms with Crippen molar-refractivity contribution in [2.45, 2.75) is 59.5 Å². The van der Waals surface area contributed by atoms with Gasteiger partial charge in [0.2, 0.25) is 0 Å². The van der Waals surface area contributed by atoms with Crippen LogP contribution in [0.3, 0.4) is 0 Å². The van der Waals surface area contributed by atoms with E-state index in [2.05, 4.69) is 54.0 Å². The molecule has 0 spiro atoms. The van der Waals surface area contributed by atoms with Gasteiger partial charge in [-0.25, -0.2) is 4.68 Å². The summed E-state index contributed by atoms with van der Waals surface area (Å²) in [6.07, 6.45) is 4.86. The van der Waals surface area contributed by atoms with Gasteiger partial charge in [-0.1, -0.05) is 33.6 Å². The highest BCUT2D eigenvalue weighted by Gasteiger charge is 2.14. The summed E-state index contributed by atoms with van der Waals surface area (Å²) in [5.41, 5.74) is 0.723. The minimum Gasteiger partial charge on any atom is -0.380 e. The number of rotatable bonds is 7. The Morgan fingerprint density at radius 3 is 2.68 bits per heavy atom. The van der Waals surface area contributed by atoms with Crippen molar-refractivity contribution >= 4 is 21.6 Å². The molecule has 1 rings (SSSR count). The Morgan fingerprint density at radius 2 is 2.11 bits per heavy atom. The maximum atomic E-state index is 12.1. The Bertz CT molecular complexity index is 458. The molecule has 0 aliphatic rings. The summed E-state index contributed by atoms with van der Waals surface area (Å²) in [7, 11) is 0. The first-order valence-electron chi connectivity index (χ1n) is 7.03. The van der Waals surface area contributed by atoms with Crippen LogP contribution in [0.4, 0.5) is 5.69 Å². The van der Waals surface area contributed by atoms with Gasteiger partial charge in [-0.2, -0.15) is 5.10 Å². The van der Waals surface area contributed by atoms with Gasteiger partial charge in [-0.05, 0) is 35.2 Å². The molecule has 2 atom stereocenters. The molecule has 0 amide bonds. The number of hydrogen-bond donors (Lipinski definition) is 1. The highest BCUT2D eigenvalue weighted by molar-refractivity contribution is 9.10. The van der Waals surface area contributed by atoms with E-state index in [4.69, 9.17) is 0 Å². The van der Waals surface area contributed by atoms with Crippen molar-refractivity contribution in [1.82, 2.24) is 9.78 Å². The molecule has 0 fully saturated rings. The molecule has 108 valence electrons. The van der Waals surface area contributed by atoms with Crippen LogP contribution in [0.25, 0.3) is 0 Å². The van der Waals surface area contributed by atoms with Crippen LogP contribution < -0.4 is 10.9 Å². The highest BCUT2D eigenvalue weighted by Crippen LogP contribution is 2.20. The van der Waals surface area contributed by atoms with Crippen LogP contribution in [0.2, 0.25) is 0 Å². The number of aromatic nitrogens is 2. The van der Waals surface area contributed by atoms with Crippen LogP contribution in [0.5, 0.6) is 0 Å². The zero-order valence-corrected chi connectivity index (χ0v) is 13.8. The number of aryl methyl sites for hydroxylation is 1. The molecule has 1 heterocycles. The van der Waals surface area contributed by atoms with Gasteiger partial charge in [0, 0.05) is 12.6 Å². The van der Waals surface area contributed by atoms with Gasteiger partial charge in [0.1, 0.15) is 4.47 Å². The van der Waals surface area contributed by atoms with Gasteiger partial charge in [0.25, 0.3) is 5.56 Å². The summed E-state index contributed by atoms with van der Waals surface area (Å²) in [6.45, 7) is 9.27. The predicted octanol–water partition coefficient (Wildman–Crippen LogP) is 3.65. The Balaban J connectivity index is 2.87. The minimum absolute atomic E-state index is 0.0604. The van der Waals surface area contributed by atoms with E-state index >= 15 is 0 Å². The van der Waals surface area contributed by atoms with Crippen LogP contribution in [0, 0.1) is 5.92 Å². The lowest BCUT2D eigenvalue weighted by molar-refractivity contribution is 0.492. The summed E-state index contributed by atoms with van der Waals surface area (Å²) in [5.74, 6) is 0.550. The van der Waals surface area contributed by atoms with Crippen molar-refractivity contribution in [3.63, 3.8) is 0 Å². The molecule has 0 saturated carbocycles. The third-order valence-corrected chi connectivity index (χ3v) is 4.36. The average molecular weight is 330 g/mol. The van der Waals surface area contributed by atoms with Crippen LogP contribution in [-0.2, 0) is 6.54 Å². The number of nitrogens with one attached hydrogen (secondary N) is 1. The zero-order valence-electron chi connectivity index (χ0n) is 12.2. The average Bonchev–Trinajstić information content (AvgIpc) is 2.42. The molecule has 0 bridgehead atoms. The first-order chi connectivity index (χ1) is 9.01. The van der Waals surface area contributed by atoms with Crippen LogP contribution in [-0.4, -0.2) is 15.8 Å². The largest absolute Gasteiger partial charge is 0.380 e. The number of unbranched alkanes of at least 4 members (excludes halogenated alkanes) is 1. The summed E-state index contributed by atoms with van der Waals surface area (Å²) in [5, 5.41) is 7.59. The van der Waals surface area contributed by atoms with Gasteiger partial charge < -0.3 is 5.32 Å². The molecule has 2 unspecified atom stereocenters. The first-order valence-corrected chi connectivity index (χ1v) is 7.82. The van der Waals surface area contributed by atoms with E-state index in [0.717, 1.165) is 24.9 Å². The first kappa shape index (κ1) is 16.2. The van der Waals surface area contributed by atoms with Gasteiger partial charge >= 0.3 is 0 Å². The number of nitrogens with zero attached hydrogens (tertiary/aromatic N) is 2. The Morgan fingerprint density at radius 1 is 1.42 bits per heavy atom. The number of halogens is 1. The van der Waals surface area contributed by atoms with E-state index in [0.29, 0.717) is 23.0 Å². The molecule has 0 aliphatic carbocycles. The van der Waals surface area contributed by atoms with Crippen molar-refractivity contribution in [2.24, 2.45) is 5.92 Å². The predicted molar refractivity (Wildman–Crippen MR) is 83.6 cm³/mol. The van der Waals surface area contributed by atoms with Gasteiger partial charge in [0.05, 0.1) is 11.9 Å². The molecule has 0 radical (unpaired) electrons. The molecular weight excluding hydrogens is 306 g/mol. The van der Waals surface area contributed by atoms with Crippen molar-refractivity contribution in [3.05, 3.63) is 21.0 Å². The van der Waals surface area contributed by atoms with E-state index in [1.807, 2.05) is 0 Å². The fourth-order valence-electron chi connectivity index (χ4n) is 1.77. The van der Waals surface area contributed by atoms with Crippen molar-refractivity contribution in [3.8, 4) is 0 Å². The smallest absolute Gasteiger partial charge is 0.283 e. The molecule has 0 aliphatic heterocycles. The van der Waals surface area contributed by atoms with E-state index in [1.54, 1.807) is 6.20 Å². The minimum atomic E-state index is -0.0604. The van der Waals surface area contributed by atoms with E-state index in [1.165, 1.54) is 4.68 Å². The lowest BCUT2D eigenvalue weighted by atomic mass is 10.0. The molecule has 1 aromatic rings. The standard InChI is InChI=1S/C14H24BrN3O/c1-5-7-8-18-14(19)13(15)12(9-16-18)17-11(4)10(3)6-2/h9-11,17H,5-8H2,1-4H3. The third kappa shape index (κ3) is 4.34. The molecule has 5 heteroatoms. The summed E-state index contributed by atoms with van der Waals surface area (Å²) >= 11 is 3.39. The molecule has 19 heavy (non-hydrogen) atoms. The summed E-state index contributed by atoms with van der Waals surface area (Å²) in [4.78, 5) is 12.1. The monoisotopic (exact) mass is 329 g/mol. The fourth-order valence-corrected chi connectivity index (χ4v) is 2.20. The molecule has 0 saturated heterocycles. The highest BCUT2D eigenvalue weighted by atomic mass is 79.9. The Kier molecular flexibility index (Phi) is 6.55. The lowest BCUT2D eigenvalue weighted by Crippen LogP contribution is -2.28. The maximum absolute atomic E-state index is 12.1. The quantitative estimate of drug-likeness (QED) is 0.830. The summed E-state index contributed by atoms with van der Waals surface area (Å²) < 4.78 is 2.10. The van der Waals surface area contributed by atoms with Crippen molar-refractivity contribution < 1.29 is 0 Å². The summed E-state index contributed by atoms with van der Waals surface area (Å²) in [6, 6.07) is 0.314. The molecule has 1 N–H and O–H groups in total.